The van der Waals surface area contributed by atoms with Gasteiger partial charge in [-0.3, -0.25) is 14.4 Å². The van der Waals surface area contributed by atoms with Crippen molar-refractivity contribution in [2.45, 2.75) is 76.5 Å². The number of aliphatic imine (C=N–C) groups is 1. The van der Waals surface area contributed by atoms with Crippen LogP contribution in [0.25, 0.3) is 16.8 Å². The summed E-state index contributed by atoms with van der Waals surface area (Å²) in [5.74, 6) is -0.244. The van der Waals surface area contributed by atoms with Crippen molar-refractivity contribution in [3.8, 4) is 16.8 Å². The highest BCUT2D eigenvalue weighted by molar-refractivity contribution is 6.32. The molecule has 0 radical (unpaired) electrons. The van der Waals surface area contributed by atoms with Crippen molar-refractivity contribution in [1.82, 2.24) is 34.3 Å². The van der Waals surface area contributed by atoms with Crippen LogP contribution in [0.3, 0.4) is 0 Å². The Balaban J connectivity index is 1.25. The third-order valence-corrected chi connectivity index (χ3v) is 9.53. The second kappa shape index (κ2) is 12.1. The van der Waals surface area contributed by atoms with Crippen molar-refractivity contribution in [3.05, 3.63) is 83.7 Å². The van der Waals surface area contributed by atoms with E-state index in [9.17, 15) is 9.59 Å². The van der Waals surface area contributed by atoms with Gasteiger partial charge >= 0.3 is 6.09 Å². The smallest absolute Gasteiger partial charge is 0.409 e. The molecule has 12 nitrogen and oxygen atoms in total. The van der Waals surface area contributed by atoms with E-state index in [4.69, 9.17) is 27.1 Å². The van der Waals surface area contributed by atoms with Gasteiger partial charge in [0.05, 0.1) is 29.0 Å². The summed E-state index contributed by atoms with van der Waals surface area (Å²) in [4.78, 5) is 40.1. The summed E-state index contributed by atoms with van der Waals surface area (Å²) in [6.45, 7) is 6.08. The molecule has 0 spiro atoms. The maximum absolute atomic E-state index is 15.0. The van der Waals surface area contributed by atoms with Crippen molar-refractivity contribution in [2.24, 2.45) is 16.1 Å². The average molecular weight is 670 g/mol. The minimum Gasteiger partial charge on any atom is -0.447 e. The fourth-order valence-electron chi connectivity index (χ4n) is 6.47. The van der Waals surface area contributed by atoms with Gasteiger partial charge in [-0.1, -0.05) is 62.7 Å². The van der Waals surface area contributed by atoms with Crippen molar-refractivity contribution in [2.75, 3.05) is 13.7 Å². The third-order valence-electron chi connectivity index (χ3n) is 9.21. The minimum absolute atomic E-state index is 0.0490. The second-order valence-electron chi connectivity index (χ2n) is 14.2. The van der Waals surface area contributed by atoms with Gasteiger partial charge in [-0.25, -0.2) is 19.5 Å². The van der Waals surface area contributed by atoms with Crippen LogP contribution in [0.15, 0.2) is 72.5 Å². The van der Waals surface area contributed by atoms with Crippen LogP contribution in [0, 0.1) is 5.41 Å². The quantitative estimate of drug-likeness (QED) is 0.223. The standard InChI is InChI=1S/C35H40ClN9O3/c1-34(2,3)19-35(25-8-5-22(6-9-25)24-16-39-43(17-24)27-12-13-27)31(46)45(32(37)41-35)30(18-48-33(47)42(4)26-10-11-26)23-7-14-28(36)29(15-23)44-21-38-20-40-44/h5-9,14-17,20-21,26-27,30H,10-13,18-19H2,1-4H3,(H2,37,41)/t30?,35-/m1/s1. The molecule has 3 aliphatic rings. The monoisotopic (exact) mass is 669 g/mol. The van der Waals surface area contributed by atoms with E-state index in [0.717, 1.165) is 42.4 Å². The summed E-state index contributed by atoms with van der Waals surface area (Å²) in [5.41, 5.74) is 9.08. The predicted octanol–water partition coefficient (Wildman–Crippen LogP) is 5.88. The number of benzene rings is 2. The number of guanidine groups is 1. The number of halogens is 1. The number of amides is 2. The normalized spacial score (nSPS) is 20.1. The lowest BCUT2D eigenvalue weighted by molar-refractivity contribution is -0.135. The molecule has 2 saturated carbocycles. The first-order chi connectivity index (χ1) is 22.9. The van der Waals surface area contributed by atoms with Crippen LogP contribution in [0.2, 0.25) is 5.02 Å². The molecule has 2 aromatic carbocycles. The van der Waals surface area contributed by atoms with Crippen LogP contribution in [-0.2, 0) is 15.1 Å². The van der Waals surface area contributed by atoms with E-state index in [0.29, 0.717) is 28.7 Å². The molecule has 2 atom stereocenters. The summed E-state index contributed by atoms with van der Waals surface area (Å²) < 4.78 is 9.42. The molecule has 250 valence electrons. The zero-order valence-corrected chi connectivity index (χ0v) is 28.3. The van der Waals surface area contributed by atoms with E-state index in [2.05, 4.69) is 42.1 Å². The first-order valence-corrected chi connectivity index (χ1v) is 16.7. The van der Waals surface area contributed by atoms with E-state index in [1.165, 1.54) is 17.6 Å². The van der Waals surface area contributed by atoms with Crippen LogP contribution in [0.5, 0.6) is 0 Å². The summed E-state index contributed by atoms with van der Waals surface area (Å²) in [5, 5.41) is 9.22. The van der Waals surface area contributed by atoms with Gasteiger partial charge in [-0.05, 0) is 66.3 Å². The van der Waals surface area contributed by atoms with Gasteiger partial charge in [0.25, 0.3) is 5.91 Å². The molecule has 13 heteroatoms. The number of aromatic nitrogens is 5. The number of hydrogen-bond donors (Lipinski definition) is 1. The molecule has 2 N–H and O–H groups in total. The Hall–Kier alpha value is -4.71. The molecule has 48 heavy (non-hydrogen) atoms. The zero-order chi connectivity index (χ0) is 33.8. The van der Waals surface area contributed by atoms with Crippen LogP contribution in [-0.4, -0.2) is 72.0 Å². The van der Waals surface area contributed by atoms with E-state index in [1.54, 1.807) is 34.8 Å². The number of carbonyl (C=O) groups is 2. The number of ether oxygens (including phenoxy) is 1. The van der Waals surface area contributed by atoms with Crippen LogP contribution in [0.1, 0.15) is 76.1 Å². The minimum atomic E-state index is -1.30. The Morgan fingerprint density at radius 2 is 1.85 bits per heavy atom. The largest absolute Gasteiger partial charge is 0.447 e. The Morgan fingerprint density at radius 1 is 1.10 bits per heavy atom. The number of hydrogen-bond acceptors (Lipinski definition) is 8. The maximum atomic E-state index is 15.0. The van der Waals surface area contributed by atoms with Crippen molar-refractivity contribution < 1.29 is 14.3 Å². The Kier molecular flexibility index (Phi) is 8.01. The molecule has 2 fully saturated rings. The highest BCUT2D eigenvalue weighted by atomic mass is 35.5. The van der Waals surface area contributed by atoms with Gasteiger partial charge in [-0.2, -0.15) is 10.2 Å². The SMILES string of the molecule is CN(C(=O)OCC(c1ccc(Cl)c(-n2cncn2)c1)N1C(=O)[C@@](CC(C)(C)C)(c2ccc(-c3cnn(C4CC4)c3)cc2)N=C1N)C1CC1. The molecular weight excluding hydrogens is 630 g/mol. The number of nitrogens with two attached hydrogens (primary N) is 1. The molecule has 1 aliphatic heterocycles. The van der Waals surface area contributed by atoms with Gasteiger partial charge < -0.3 is 15.4 Å². The Bertz CT molecular complexity index is 1860. The lowest BCUT2D eigenvalue weighted by Gasteiger charge is -2.35. The van der Waals surface area contributed by atoms with Crippen LogP contribution in [0.4, 0.5) is 4.79 Å². The molecule has 1 unspecified atom stereocenters. The molecule has 3 heterocycles. The van der Waals surface area contributed by atoms with E-state index < -0.39 is 17.7 Å². The molecule has 2 aromatic heterocycles. The molecule has 0 bridgehead atoms. The average Bonchev–Trinajstić information content (AvgIpc) is 3.96. The van der Waals surface area contributed by atoms with Crippen molar-refractivity contribution in [1.29, 1.82) is 0 Å². The summed E-state index contributed by atoms with van der Waals surface area (Å²) >= 11 is 6.58. The van der Waals surface area contributed by atoms with Gasteiger partial charge in [0.2, 0.25) is 0 Å². The third kappa shape index (κ3) is 6.16. The van der Waals surface area contributed by atoms with Crippen LogP contribution < -0.4 is 5.73 Å². The number of carbonyl (C=O) groups excluding carboxylic acids is 2. The Labute approximate surface area is 284 Å². The first-order valence-electron chi connectivity index (χ1n) is 16.3. The van der Waals surface area contributed by atoms with Crippen molar-refractivity contribution >= 4 is 29.6 Å². The van der Waals surface area contributed by atoms with E-state index >= 15 is 0 Å². The first kappa shape index (κ1) is 31.9. The van der Waals surface area contributed by atoms with Gasteiger partial charge in [0, 0.05) is 24.8 Å². The number of rotatable bonds is 10. The van der Waals surface area contributed by atoms with E-state index in [-0.39, 0.29) is 29.9 Å². The fourth-order valence-corrected chi connectivity index (χ4v) is 6.67. The summed E-state index contributed by atoms with van der Waals surface area (Å²) in [7, 11) is 1.73. The molecule has 2 amide bonds. The maximum Gasteiger partial charge on any atom is 0.409 e. The van der Waals surface area contributed by atoms with Crippen molar-refractivity contribution in [3.63, 3.8) is 0 Å². The Morgan fingerprint density at radius 3 is 2.50 bits per heavy atom. The van der Waals surface area contributed by atoms with Gasteiger partial charge in [0.1, 0.15) is 19.3 Å². The molecule has 0 saturated heterocycles. The predicted molar refractivity (Wildman–Crippen MR) is 181 cm³/mol. The highest BCUT2D eigenvalue weighted by Crippen LogP contribution is 2.45. The number of nitrogens with zero attached hydrogens (tertiary/aromatic N) is 8. The summed E-state index contributed by atoms with van der Waals surface area (Å²) in [6, 6.07) is 13.1. The molecule has 7 rings (SSSR count). The molecule has 2 aliphatic carbocycles. The van der Waals surface area contributed by atoms with Gasteiger partial charge in [0.15, 0.2) is 11.5 Å². The summed E-state index contributed by atoms with van der Waals surface area (Å²) in [6.07, 6.45) is 11.0. The van der Waals surface area contributed by atoms with E-state index in [1.807, 2.05) is 35.1 Å². The second-order valence-corrected chi connectivity index (χ2v) is 14.7. The molecule has 4 aromatic rings. The highest BCUT2D eigenvalue weighted by Gasteiger charge is 2.53. The lowest BCUT2D eigenvalue weighted by Crippen LogP contribution is -2.47. The van der Waals surface area contributed by atoms with Gasteiger partial charge in [-0.15, -0.1) is 0 Å². The zero-order valence-electron chi connectivity index (χ0n) is 27.6. The van der Waals surface area contributed by atoms with Crippen LogP contribution >= 0.6 is 11.6 Å². The lowest BCUT2D eigenvalue weighted by atomic mass is 9.75. The fraction of sp³-hybridized carbons (Fsp3) is 0.429. The molecular formula is C35H40ClN9O3. The topological polar surface area (TPSA) is 137 Å².